The molecule has 3 aliphatic heterocycles. The molecule has 29 heavy (non-hydrogen) atoms. The molecule has 7 nitrogen and oxygen atoms in total. The van der Waals surface area contributed by atoms with E-state index in [2.05, 4.69) is 18.7 Å². The summed E-state index contributed by atoms with van der Waals surface area (Å²) in [6.07, 6.45) is 2.63. The summed E-state index contributed by atoms with van der Waals surface area (Å²) in [7, 11) is 0. The Balaban J connectivity index is 1.39. The summed E-state index contributed by atoms with van der Waals surface area (Å²) >= 11 is 0. The van der Waals surface area contributed by atoms with Crippen LogP contribution in [0.25, 0.3) is 0 Å². The number of ether oxygens (including phenoxy) is 2. The van der Waals surface area contributed by atoms with Gasteiger partial charge in [0.2, 0.25) is 0 Å². The van der Waals surface area contributed by atoms with Crippen molar-refractivity contribution in [3.63, 3.8) is 0 Å². The number of fused-ring (bicyclic) bond motifs is 1. The molecule has 0 bridgehead atoms. The van der Waals surface area contributed by atoms with Gasteiger partial charge in [0.05, 0.1) is 0 Å². The maximum absolute atomic E-state index is 12.2. The number of hydrogen-bond donors (Lipinski definition) is 1. The lowest BCUT2D eigenvalue weighted by Gasteiger charge is -2.54. The number of anilines is 1. The van der Waals surface area contributed by atoms with E-state index >= 15 is 0 Å². The minimum absolute atomic E-state index is 0.184. The van der Waals surface area contributed by atoms with E-state index in [1.807, 2.05) is 37.8 Å². The van der Waals surface area contributed by atoms with E-state index in [1.165, 1.54) is 0 Å². The topological polar surface area (TPSA) is 81.7 Å². The molecule has 0 radical (unpaired) electrons. The van der Waals surface area contributed by atoms with Crippen molar-refractivity contribution in [2.45, 2.75) is 65.1 Å². The molecule has 0 aliphatic carbocycles. The van der Waals surface area contributed by atoms with Crippen molar-refractivity contribution in [1.82, 2.24) is 4.90 Å². The third kappa shape index (κ3) is 4.03. The summed E-state index contributed by atoms with van der Waals surface area (Å²) in [5, 5.41) is 11.7. The number of amides is 1. The average Bonchev–Trinajstić information content (AvgIpc) is 2.89. The highest BCUT2D eigenvalue weighted by Gasteiger charge is 2.48. The van der Waals surface area contributed by atoms with Crippen molar-refractivity contribution in [3.8, 4) is 5.75 Å². The molecule has 3 aliphatic rings. The first-order valence-corrected chi connectivity index (χ1v) is 10.5. The number of rotatable bonds is 2. The molecule has 1 aromatic rings. The average molecular weight is 404 g/mol. The fourth-order valence-electron chi connectivity index (χ4n) is 4.78. The number of carbonyl (C=O) groups is 1. The van der Waals surface area contributed by atoms with Gasteiger partial charge < -0.3 is 30.0 Å². The van der Waals surface area contributed by atoms with Crippen molar-refractivity contribution >= 4 is 17.5 Å². The monoisotopic (exact) mass is 403 g/mol. The molecule has 1 spiro atoms. The third-order valence-electron chi connectivity index (χ3n) is 6.21. The Kier molecular flexibility index (Phi) is 4.74. The summed E-state index contributed by atoms with van der Waals surface area (Å²) in [6.45, 7) is 13.1. The summed E-state index contributed by atoms with van der Waals surface area (Å²) in [6, 6.07) is 4.03. The van der Waals surface area contributed by atoms with Crippen LogP contribution in [-0.2, 0) is 11.2 Å². The fourth-order valence-corrected chi connectivity index (χ4v) is 4.78. The van der Waals surface area contributed by atoms with Gasteiger partial charge in [0, 0.05) is 55.7 Å². The molecule has 1 aromatic carbocycles. The Labute approximate surface area is 172 Å². The van der Waals surface area contributed by atoms with Crippen LogP contribution in [-0.4, -0.2) is 48.4 Å². The van der Waals surface area contributed by atoms with Crippen LogP contribution in [0.2, 0.25) is 0 Å². The Morgan fingerprint density at radius 1 is 1.21 bits per heavy atom. The van der Waals surface area contributed by atoms with Crippen molar-refractivity contribution in [2.75, 3.05) is 31.1 Å². The van der Waals surface area contributed by atoms with Gasteiger partial charge in [-0.15, -0.1) is 0 Å². The van der Waals surface area contributed by atoms with Crippen LogP contribution < -0.4 is 15.1 Å². The number of benzene rings is 1. The van der Waals surface area contributed by atoms with E-state index in [1.54, 1.807) is 0 Å². The minimum Gasteiger partial charge on any atom is -0.630 e. The molecule has 3 heterocycles. The molecule has 0 aromatic heterocycles. The van der Waals surface area contributed by atoms with E-state index in [0.717, 1.165) is 73.6 Å². The van der Waals surface area contributed by atoms with Gasteiger partial charge >= 0.3 is 6.09 Å². The van der Waals surface area contributed by atoms with Gasteiger partial charge in [-0.25, -0.2) is 4.79 Å². The maximum Gasteiger partial charge on any atom is 0.410 e. The van der Waals surface area contributed by atoms with Crippen LogP contribution in [0.3, 0.4) is 0 Å². The molecule has 0 unspecified atom stereocenters. The maximum atomic E-state index is 12.2. The molecule has 4 rings (SSSR count). The van der Waals surface area contributed by atoms with E-state index in [9.17, 15) is 10.0 Å². The molecule has 2 fully saturated rings. The second-order valence-electron chi connectivity index (χ2n) is 10.5. The second kappa shape index (κ2) is 6.77. The predicted molar refractivity (Wildman–Crippen MR) is 111 cm³/mol. The molecular formula is C22H33N3O4. The van der Waals surface area contributed by atoms with Gasteiger partial charge in [0.1, 0.15) is 22.6 Å². The molecule has 0 saturated carbocycles. The Bertz CT molecular complexity index is 799. The summed E-state index contributed by atoms with van der Waals surface area (Å²) in [4.78, 5) is 16.3. The zero-order chi connectivity index (χ0) is 21.0. The zero-order valence-electron chi connectivity index (χ0n) is 18.2. The van der Waals surface area contributed by atoms with Crippen LogP contribution in [0, 0.1) is 10.6 Å². The van der Waals surface area contributed by atoms with E-state index in [0.29, 0.717) is 0 Å². The normalized spacial score (nSPS) is 22.1. The fraction of sp³-hybridized carbons (Fsp3) is 0.682. The zero-order valence-corrected chi connectivity index (χ0v) is 18.2. The summed E-state index contributed by atoms with van der Waals surface area (Å²) < 4.78 is 11.6. The quantitative estimate of drug-likeness (QED) is 0.606. The predicted octanol–water partition coefficient (Wildman–Crippen LogP) is 2.93. The highest BCUT2D eigenvalue weighted by molar-refractivity contribution is 5.70. The van der Waals surface area contributed by atoms with Gasteiger partial charge in [-0.05, 0) is 47.5 Å². The third-order valence-corrected chi connectivity index (χ3v) is 6.21. The van der Waals surface area contributed by atoms with Gasteiger partial charge in [0.15, 0.2) is 5.69 Å². The highest BCUT2D eigenvalue weighted by Crippen LogP contribution is 2.45. The largest absolute Gasteiger partial charge is 0.630 e. The standard InChI is InChI=1S/C22H33N3O4/c1-20(2,3)29-19(26)25-13-22(14-25)6-8-24(9-7-22)17-11-18-15(10-16(17)23-27)12-21(4,5)28-18/h10-11H,6-9,12-14,23H2,1-5H3. The second-order valence-corrected chi connectivity index (χ2v) is 10.5. The van der Waals surface area contributed by atoms with Crippen LogP contribution in [0.1, 0.15) is 53.0 Å². The Morgan fingerprint density at radius 3 is 2.45 bits per heavy atom. The number of nitrogens with two attached hydrogens (primary N) is 1. The first-order valence-electron chi connectivity index (χ1n) is 10.5. The van der Waals surface area contributed by atoms with Gasteiger partial charge in [-0.3, -0.25) is 0 Å². The smallest absolute Gasteiger partial charge is 0.410 e. The van der Waals surface area contributed by atoms with Crippen LogP contribution in [0.15, 0.2) is 12.1 Å². The SMILES string of the molecule is CC(C)(C)OC(=O)N1CC2(CCN(c3cc4c(cc3[NH2+][O-])CC(C)(C)O4)CC2)C1. The van der Waals surface area contributed by atoms with E-state index < -0.39 is 5.60 Å². The van der Waals surface area contributed by atoms with Crippen molar-refractivity contribution in [3.05, 3.63) is 22.9 Å². The number of carbonyl (C=O) groups excluding carboxylic acids is 1. The molecule has 160 valence electrons. The molecule has 2 N–H and O–H groups in total. The number of likely N-dealkylation sites (tertiary alicyclic amines) is 1. The summed E-state index contributed by atoms with van der Waals surface area (Å²) in [5.74, 6) is 0.899. The minimum atomic E-state index is -0.460. The molecule has 1 amide bonds. The van der Waals surface area contributed by atoms with Gasteiger partial charge in [-0.1, -0.05) is 0 Å². The number of hydrogen-bond acceptors (Lipinski definition) is 5. The van der Waals surface area contributed by atoms with Gasteiger partial charge in [0.25, 0.3) is 0 Å². The van der Waals surface area contributed by atoms with E-state index in [-0.39, 0.29) is 17.1 Å². The van der Waals surface area contributed by atoms with Crippen LogP contribution >= 0.6 is 0 Å². The van der Waals surface area contributed by atoms with Gasteiger partial charge in [-0.2, -0.15) is 0 Å². The highest BCUT2D eigenvalue weighted by atomic mass is 16.6. The first-order chi connectivity index (χ1) is 13.5. The Morgan fingerprint density at radius 2 is 1.86 bits per heavy atom. The van der Waals surface area contributed by atoms with Crippen LogP contribution in [0.4, 0.5) is 16.2 Å². The Hall–Kier alpha value is -1.99. The number of piperidine rings is 1. The van der Waals surface area contributed by atoms with Crippen LogP contribution in [0.5, 0.6) is 5.75 Å². The first kappa shape index (κ1) is 20.3. The number of quaternary nitrogens is 1. The lowest BCUT2D eigenvalue weighted by Crippen LogP contribution is -2.70. The lowest BCUT2D eigenvalue weighted by molar-refractivity contribution is -0.496. The van der Waals surface area contributed by atoms with Crippen molar-refractivity contribution in [2.24, 2.45) is 5.41 Å². The summed E-state index contributed by atoms with van der Waals surface area (Å²) in [5.41, 5.74) is 3.28. The van der Waals surface area contributed by atoms with Crippen molar-refractivity contribution < 1.29 is 19.7 Å². The molecule has 0 atom stereocenters. The number of nitrogens with zero attached hydrogens (tertiary/aromatic N) is 2. The molecular weight excluding hydrogens is 370 g/mol. The lowest BCUT2D eigenvalue weighted by atomic mass is 9.72. The molecule has 7 heteroatoms. The van der Waals surface area contributed by atoms with E-state index in [4.69, 9.17) is 9.47 Å². The van der Waals surface area contributed by atoms with Crippen molar-refractivity contribution in [1.29, 1.82) is 0 Å². The molecule has 2 saturated heterocycles.